The first kappa shape index (κ1) is 12.4. The molecule has 6 heteroatoms. The van der Waals surface area contributed by atoms with Crippen molar-refractivity contribution in [2.75, 3.05) is 5.06 Å². The van der Waals surface area contributed by atoms with Crippen LogP contribution >= 0.6 is 0 Å². The summed E-state index contributed by atoms with van der Waals surface area (Å²) in [5.41, 5.74) is 6.40. The molecule has 1 aliphatic rings. The SMILES string of the molecule is NC(=O)c1ccc2c(c1)N(O)C(c1ccc(F)cc1)O2. The summed E-state index contributed by atoms with van der Waals surface area (Å²) in [5, 5.41) is 11.0. The fraction of sp³-hybridized carbons (Fsp3) is 0.0714. The highest BCUT2D eigenvalue weighted by Crippen LogP contribution is 2.42. The van der Waals surface area contributed by atoms with E-state index in [0.717, 1.165) is 5.06 Å². The molecule has 1 atom stereocenters. The zero-order valence-electron chi connectivity index (χ0n) is 10.3. The quantitative estimate of drug-likeness (QED) is 0.880. The van der Waals surface area contributed by atoms with Crippen molar-refractivity contribution in [1.29, 1.82) is 0 Å². The summed E-state index contributed by atoms with van der Waals surface area (Å²) < 4.78 is 18.5. The Balaban J connectivity index is 1.96. The number of halogens is 1. The van der Waals surface area contributed by atoms with Gasteiger partial charge in [0.25, 0.3) is 0 Å². The van der Waals surface area contributed by atoms with Gasteiger partial charge in [0.1, 0.15) is 17.3 Å². The zero-order chi connectivity index (χ0) is 14.3. The maximum atomic E-state index is 12.9. The number of hydrogen-bond acceptors (Lipinski definition) is 4. The van der Waals surface area contributed by atoms with Crippen LogP contribution in [0.5, 0.6) is 5.75 Å². The number of benzene rings is 2. The van der Waals surface area contributed by atoms with E-state index in [1.54, 1.807) is 6.07 Å². The molecule has 0 aromatic heterocycles. The number of amides is 1. The third-order valence-corrected chi connectivity index (χ3v) is 3.11. The standard InChI is InChI=1S/C14H11FN2O3/c15-10-4-1-8(2-5-10)14-17(19)11-7-9(13(16)18)3-6-12(11)20-14/h1-7,14,19H,(H2,16,18). The maximum Gasteiger partial charge on any atom is 0.248 e. The molecule has 102 valence electrons. The largest absolute Gasteiger partial charge is 0.462 e. The van der Waals surface area contributed by atoms with Gasteiger partial charge >= 0.3 is 0 Å². The van der Waals surface area contributed by atoms with Crippen LogP contribution in [0, 0.1) is 5.82 Å². The molecule has 0 radical (unpaired) electrons. The second-order valence-electron chi connectivity index (χ2n) is 4.41. The number of nitrogens with two attached hydrogens (primary N) is 1. The van der Waals surface area contributed by atoms with Crippen molar-refractivity contribution >= 4 is 11.6 Å². The van der Waals surface area contributed by atoms with Crippen LogP contribution < -0.4 is 15.5 Å². The summed E-state index contributed by atoms with van der Waals surface area (Å²) in [4.78, 5) is 11.1. The molecular formula is C14H11FN2O3. The normalized spacial score (nSPS) is 16.7. The number of hydroxylamine groups is 1. The van der Waals surface area contributed by atoms with Crippen molar-refractivity contribution in [2.45, 2.75) is 6.23 Å². The Morgan fingerprint density at radius 1 is 1.25 bits per heavy atom. The molecular weight excluding hydrogens is 263 g/mol. The molecule has 1 unspecified atom stereocenters. The Morgan fingerprint density at radius 3 is 2.60 bits per heavy atom. The Bertz CT molecular complexity index is 673. The van der Waals surface area contributed by atoms with Gasteiger partial charge in [-0.15, -0.1) is 0 Å². The summed E-state index contributed by atoms with van der Waals surface area (Å²) in [6, 6.07) is 10.1. The number of rotatable bonds is 2. The average molecular weight is 274 g/mol. The number of carbonyl (C=O) groups is 1. The Kier molecular flexibility index (Phi) is 2.80. The number of fused-ring (bicyclic) bond motifs is 1. The van der Waals surface area contributed by atoms with Gasteiger partial charge in [0.05, 0.1) is 0 Å². The molecule has 0 aliphatic carbocycles. The first-order valence-corrected chi connectivity index (χ1v) is 5.90. The number of carbonyl (C=O) groups excluding carboxylic acids is 1. The van der Waals surface area contributed by atoms with Crippen molar-refractivity contribution in [2.24, 2.45) is 5.73 Å². The average Bonchev–Trinajstić information content (AvgIpc) is 2.76. The molecule has 0 saturated carbocycles. The Morgan fingerprint density at radius 2 is 1.95 bits per heavy atom. The lowest BCUT2D eigenvalue weighted by atomic mass is 10.1. The molecule has 5 nitrogen and oxygen atoms in total. The molecule has 0 spiro atoms. The predicted molar refractivity (Wildman–Crippen MR) is 69.0 cm³/mol. The van der Waals surface area contributed by atoms with Crippen LogP contribution in [0.3, 0.4) is 0 Å². The molecule has 1 amide bonds. The minimum Gasteiger partial charge on any atom is -0.462 e. The lowest BCUT2D eigenvalue weighted by Crippen LogP contribution is -2.23. The molecule has 1 heterocycles. The van der Waals surface area contributed by atoms with E-state index in [0.29, 0.717) is 17.0 Å². The van der Waals surface area contributed by atoms with E-state index in [2.05, 4.69) is 0 Å². The maximum absolute atomic E-state index is 12.9. The Labute approximate surface area is 114 Å². The van der Waals surface area contributed by atoms with Crippen LogP contribution in [0.2, 0.25) is 0 Å². The van der Waals surface area contributed by atoms with Gasteiger partial charge < -0.3 is 10.5 Å². The van der Waals surface area contributed by atoms with E-state index >= 15 is 0 Å². The van der Waals surface area contributed by atoms with Crippen molar-refractivity contribution in [3.8, 4) is 5.75 Å². The smallest absolute Gasteiger partial charge is 0.248 e. The summed E-state index contributed by atoms with van der Waals surface area (Å²) in [5.74, 6) is -0.539. The lowest BCUT2D eigenvalue weighted by Gasteiger charge is -2.18. The molecule has 2 aromatic rings. The van der Waals surface area contributed by atoms with Gasteiger partial charge in [-0.1, -0.05) is 12.1 Å². The van der Waals surface area contributed by atoms with Crippen LogP contribution in [0.15, 0.2) is 42.5 Å². The van der Waals surface area contributed by atoms with E-state index < -0.39 is 12.1 Å². The second-order valence-corrected chi connectivity index (χ2v) is 4.41. The van der Waals surface area contributed by atoms with Crippen LogP contribution in [-0.2, 0) is 0 Å². The van der Waals surface area contributed by atoms with E-state index in [-0.39, 0.29) is 11.4 Å². The van der Waals surface area contributed by atoms with Crippen LogP contribution in [0.1, 0.15) is 22.1 Å². The number of nitrogens with zero attached hydrogens (tertiary/aromatic N) is 1. The van der Waals surface area contributed by atoms with Gasteiger partial charge in [0.2, 0.25) is 12.1 Å². The molecule has 0 saturated heterocycles. The van der Waals surface area contributed by atoms with Crippen LogP contribution in [0.4, 0.5) is 10.1 Å². The van der Waals surface area contributed by atoms with Crippen LogP contribution in [0.25, 0.3) is 0 Å². The van der Waals surface area contributed by atoms with E-state index in [1.165, 1.54) is 36.4 Å². The summed E-state index contributed by atoms with van der Waals surface area (Å²) in [6.45, 7) is 0. The fourth-order valence-electron chi connectivity index (χ4n) is 2.08. The second kappa shape index (κ2) is 4.50. The van der Waals surface area contributed by atoms with Crippen molar-refractivity contribution in [1.82, 2.24) is 0 Å². The number of anilines is 1. The van der Waals surface area contributed by atoms with E-state index in [4.69, 9.17) is 10.5 Å². The first-order valence-electron chi connectivity index (χ1n) is 5.90. The zero-order valence-corrected chi connectivity index (χ0v) is 10.3. The monoisotopic (exact) mass is 274 g/mol. The molecule has 0 bridgehead atoms. The molecule has 3 N–H and O–H groups in total. The van der Waals surface area contributed by atoms with E-state index in [9.17, 15) is 14.4 Å². The van der Waals surface area contributed by atoms with Gasteiger partial charge in [-0.25, -0.2) is 9.45 Å². The number of ether oxygens (including phenoxy) is 1. The van der Waals surface area contributed by atoms with Crippen LogP contribution in [-0.4, -0.2) is 11.1 Å². The molecule has 2 aromatic carbocycles. The highest BCUT2D eigenvalue weighted by Gasteiger charge is 2.32. The minimum atomic E-state index is -0.784. The molecule has 0 fully saturated rings. The summed E-state index contributed by atoms with van der Waals surface area (Å²) >= 11 is 0. The minimum absolute atomic E-state index is 0.270. The first-order chi connectivity index (χ1) is 9.56. The fourth-order valence-corrected chi connectivity index (χ4v) is 2.08. The van der Waals surface area contributed by atoms with Gasteiger partial charge in [-0.05, 0) is 30.3 Å². The summed E-state index contributed by atoms with van der Waals surface area (Å²) in [6.07, 6.45) is -0.784. The summed E-state index contributed by atoms with van der Waals surface area (Å²) in [7, 11) is 0. The Hall–Kier alpha value is -2.60. The van der Waals surface area contributed by atoms with Gasteiger partial charge in [0.15, 0.2) is 0 Å². The number of hydrogen-bond donors (Lipinski definition) is 2. The van der Waals surface area contributed by atoms with E-state index in [1.807, 2.05) is 0 Å². The third kappa shape index (κ3) is 1.96. The highest BCUT2D eigenvalue weighted by atomic mass is 19.1. The van der Waals surface area contributed by atoms with Gasteiger partial charge in [-0.2, -0.15) is 0 Å². The van der Waals surface area contributed by atoms with Crippen molar-refractivity contribution < 1.29 is 19.1 Å². The molecule has 3 rings (SSSR count). The van der Waals surface area contributed by atoms with Gasteiger partial charge in [0, 0.05) is 11.1 Å². The molecule has 1 aliphatic heterocycles. The third-order valence-electron chi connectivity index (χ3n) is 3.11. The predicted octanol–water partition coefficient (Wildman–Crippen LogP) is 2.21. The number of primary amides is 1. The van der Waals surface area contributed by atoms with Gasteiger partial charge in [-0.3, -0.25) is 10.0 Å². The van der Waals surface area contributed by atoms with Crippen molar-refractivity contribution in [3.05, 3.63) is 59.4 Å². The van der Waals surface area contributed by atoms with Crippen molar-refractivity contribution in [3.63, 3.8) is 0 Å². The highest BCUT2D eigenvalue weighted by molar-refractivity contribution is 5.94. The molecule has 20 heavy (non-hydrogen) atoms. The lowest BCUT2D eigenvalue weighted by molar-refractivity contribution is 0.1000. The topological polar surface area (TPSA) is 75.8 Å².